The lowest BCUT2D eigenvalue weighted by Crippen LogP contribution is -2.23. The number of nitrogens with one attached hydrogen (secondary N) is 1. The third-order valence-electron chi connectivity index (χ3n) is 5.04. The second-order valence-electron chi connectivity index (χ2n) is 7.30. The molecule has 1 heterocycles. The number of thioether (sulfide) groups is 1. The molecule has 3 aromatic carbocycles. The van der Waals surface area contributed by atoms with E-state index in [9.17, 15) is 9.18 Å². The molecule has 0 aliphatic heterocycles. The normalized spacial score (nSPS) is 10.9. The van der Waals surface area contributed by atoms with E-state index in [0.29, 0.717) is 12.1 Å². The minimum Gasteiger partial charge on any atom is -0.348 e. The number of aryl methyl sites for hydroxylation is 1. The molecular formula is C26H23FN2OS. The van der Waals surface area contributed by atoms with Crippen molar-refractivity contribution in [2.75, 3.05) is 5.75 Å². The Labute approximate surface area is 185 Å². The number of rotatable bonds is 8. The van der Waals surface area contributed by atoms with E-state index in [1.54, 1.807) is 24.0 Å². The molecule has 31 heavy (non-hydrogen) atoms. The Kier molecular flexibility index (Phi) is 6.95. The number of carbonyl (C=O) groups excluding carboxylic acids is 1. The van der Waals surface area contributed by atoms with E-state index in [4.69, 9.17) is 0 Å². The van der Waals surface area contributed by atoms with Crippen LogP contribution in [0.4, 0.5) is 4.39 Å². The predicted molar refractivity (Wildman–Crippen MR) is 125 cm³/mol. The van der Waals surface area contributed by atoms with Crippen LogP contribution in [0.25, 0.3) is 10.8 Å². The molecule has 5 heteroatoms. The molecule has 0 radical (unpaired) electrons. The SMILES string of the molecule is O=C(NCc1ccc2ccccc2c1)c1cccnc1SCCCc1ccc(F)cc1. The Morgan fingerprint density at radius 2 is 1.68 bits per heavy atom. The van der Waals surface area contributed by atoms with Crippen molar-refractivity contribution >= 4 is 28.4 Å². The highest BCUT2D eigenvalue weighted by molar-refractivity contribution is 7.99. The van der Waals surface area contributed by atoms with Crippen LogP contribution < -0.4 is 5.32 Å². The van der Waals surface area contributed by atoms with Gasteiger partial charge >= 0.3 is 0 Å². The maximum Gasteiger partial charge on any atom is 0.254 e. The first kappa shape index (κ1) is 21.1. The Morgan fingerprint density at radius 3 is 2.52 bits per heavy atom. The lowest BCUT2D eigenvalue weighted by molar-refractivity contribution is 0.0947. The molecule has 3 nitrogen and oxygen atoms in total. The number of benzene rings is 3. The zero-order valence-corrected chi connectivity index (χ0v) is 17.9. The summed E-state index contributed by atoms with van der Waals surface area (Å²) in [5, 5.41) is 6.09. The van der Waals surface area contributed by atoms with Crippen LogP contribution in [-0.4, -0.2) is 16.6 Å². The van der Waals surface area contributed by atoms with Gasteiger partial charge in [0.15, 0.2) is 0 Å². The quantitative estimate of drug-likeness (QED) is 0.274. The zero-order chi connectivity index (χ0) is 21.5. The Balaban J connectivity index is 1.33. The number of pyridine rings is 1. The largest absolute Gasteiger partial charge is 0.348 e. The van der Waals surface area contributed by atoms with Crippen LogP contribution in [0.1, 0.15) is 27.9 Å². The van der Waals surface area contributed by atoms with Crippen molar-refractivity contribution in [3.63, 3.8) is 0 Å². The van der Waals surface area contributed by atoms with Gasteiger partial charge < -0.3 is 5.32 Å². The van der Waals surface area contributed by atoms with E-state index in [1.165, 1.54) is 17.5 Å². The summed E-state index contributed by atoms with van der Waals surface area (Å²) in [4.78, 5) is 17.2. The lowest BCUT2D eigenvalue weighted by Gasteiger charge is -2.10. The molecule has 0 saturated carbocycles. The van der Waals surface area contributed by atoms with Gasteiger partial charge in [0, 0.05) is 12.7 Å². The summed E-state index contributed by atoms with van der Waals surface area (Å²) in [6.45, 7) is 0.466. The Bertz CT molecular complexity index is 1180. The van der Waals surface area contributed by atoms with Crippen LogP contribution in [0.3, 0.4) is 0 Å². The van der Waals surface area contributed by atoms with Gasteiger partial charge in [-0.1, -0.05) is 48.5 Å². The first-order chi connectivity index (χ1) is 15.2. The number of fused-ring (bicyclic) bond motifs is 1. The third kappa shape index (κ3) is 5.70. The summed E-state index contributed by atoms with van der Waals surface area (Å²) in [5.41, 5.74) is 2.76. The van der Waals surface area contributed by atoms with Crippen molar-refractivity contribution in [2.24, 2.45) is 0 Å². The standard InChI is InChI=1S/C26H23FN2OS/c27-23-13-10-19(11-14-23)5-4-16-31-26-24(8-3-15-28-26)25(30)29-18-20-9-12-21-6-1-2-7-22(21)17-20/h1-3,6-15,17H,4-5,16,18H2,(H,29,30). The number of halogens is 1. The van der Waals surface area contributed by atoms with Gasteiger partial charge in [0.1, 0.15) is 10.8 Å². The summed E-state index contributed by atoms with van der Waals surface area (Å²) in [5.74, 6) is 0.493. The second-order valence-corrected chi connectivity index (χ2v) is 8.38. The van der Waals surface area contributed by atoms with Crippen LogP contribution >= 0.6 is 11.8 Å². The smallest absolute Gasteiger partial charge is 0.254 e. The summed E-state index contributed by atoms with van der Waals surface area (Å²) in [6.07, 6.45) is 3.50. The molecule has 1 N–H and O–H groups in total. The molecule has 1 aromatic heterocycles. The molecule has 156 valence electrons. The number of hydrogen-bond donors (Lipinski definition) is 1. The first-order valence-electron chi connectivity index (χ1n) is 10.3. The van der Waals surface area contributed by atoms with Crippen LogP contribution in [0, 0.1) is 5.82 Å². The first-order valence-corrected chi connectivity index (χ1v) is 11.3. The van der Waals surface area contributed by atoms with Crippen LogP contribution in [0.2, 0.25) is 0 Å². The Hall–Kier alpha value is -3.18. The molecule has 0 atom stereocenters. The molecule has 0 spiro atoms. The van der Waals surface area contributed by atoms with Gasteiger partial charge in [0.2, 0.25) is 0 Å². The van der Waals surface area contributed by atoms with Gasteiger partial charge in [-0.3, -0.25) is 4.79 Å². The van der Waals surface area contributed by atoms with Crippen molar-refractivity contribution in [3.05, 3.63) is 108 Å². The van der Waals surface area contributed by atoms with E-state index in [1.807, 2.05) is 36.4 Å². The maximum absolute atomic E-state index is 13.0. The van der Waals surface area contributed by atoms with Crippen LogP contribution in [-0.2, 0) is 13.0 Å². The fraction of sp³-hybridized carbons (Fsp3) is 0.154. The molecule has 4 aromatic rings. The maximum atomic E-state index is 13.0. The third-order valence-corrected chi connectivity index (χ3v) is 6.14. The topological polar surface area (TPSA) is 42.0 Å². The Morgan fingerprint density at radius 1 is 0.903 bits per heavy atom. The number of aromatic nitrogens is 1. The van der Waals surface area contributed by atoms with Crippen molar-refractivity contribution < 1.29 is 9.18 Å². The number of amides is 1. The van der Waals surface area contributed by atoms with Crippen molar-refractivity contribution in [1.29, 1.82) is 0 Å². The molecule has 0 unspecified atom stereocenters. The predicted octanol–water partition coefficient (Wildman–Crippen LogP) is 6.03. The van der Waals surface area contributed by atoms with Crippen molar-refractivity contribution in [3.8, 4) is 0 Å². The fourth-order valence-electron chi connectivity index (χ4n) is 3.40. The molecule has 0 aliphatic carbocycles. The van der Waals surface area contributed by atoms with Gasteiger partial charge in [-0.25, -0.2) is 9.37 Å². The van der Waals surface area contributed by atoms with E-state index < -0.39 is 0 Å². The van der Waals surface area contributed by atoms with E-state index in [-0.39, 0.29) is 11.7 Å². The molecule has 4 rings (SSSR count). The average molecular weight is 431 g/mol. The lowest BCUT2D eigenvalue weighted by atomic mass is 10.1. The van der Waals surface area contributed by atoms with Gasteiger partial charge in [-0.15, -0.1) is 11.8 Å². The minimum atomic E-state index is -0.217. The summed E-state index contributed by atoms with van der Waals surface area (Å²) < 4.78 is 13.0. The van der Waals surface area contributed by atoms with Crippen LogP contribution in [0.5, 0.6) is 0 Å². The van der Waals surface area contributed by atoms with E-state index >= 15 is 0 Å². The van der Waals surface area contributed by atoms with E-state index in [2.05, 4.69) is 34.6 Å². The highest BCUT2D eigenvalue weighted by Gasteiger charge is 2.12. The zero-order valence-electron chi connectivity index (χ0n) is 17.1. The monoisotopic (exact) mass is 430 g/mol. The van der Waals surface area contributed by atoms with Gasteiger partial charge in [-0.2, -0.15) is 0 Å². The van der Waals surface area contributed by atoms with Gasteiger partial charge in [-0.05, 0) is 70.8 Å². The second kappa shape index (κ2) is 10.2. The summed E-state index contributed by atoms with van der Waals surface area (Å²) >= 11 is 1.58. The average Bonchev–Trinajstić information content (AvgIpc) is 2.81. The number of carbonyl (C=O) groups is 1. The summed E-state index contributed by atoms with van der Waals surface area (Å²) in [6, 6.07) is 24.6. The van der Waals surface area contributed by atoms with Gasteiger partial charge in [0.05, 0.1) is 5.56 Å². The van der Waals surface area contributed by atoms with Crippen molar-refractivity contribution in [1.82, 2.24) is 10.3 Å². The molecule has 0 saturated heterocycles. The fourth-order valence-corrected chi connectivity index (χ4v) is 4.33. The number of nitrogens with zero attached hydrogens (tertiary/aromatic N) is 1. The summed E-state index contributed by atoms with van der Waals surface area (Å²) in [7, 11) is 0. The highest BCUT2D eigenvalue weighted by atomic mass is 32.2. The molecule has 0 fully saturated rings. The minimum absolute atomic E-state index is 0.123. The van der Waals surface area contributed by atoms with Gasteiger partial charge in [0.25, 0.3) is 5.91 Å². The van der Waals surface area contributed by atoms with E-state index in [0.717, 1.165) is 40.1 Å². The molecule has 0 aliphatic rings. The molecule has 1 amide bonds. The van der Waals surface area contributed by atoms with Crippen molar-refractivity contribution in [2.45, 2.75) is 24.4 Å². The molecular weight excluding hydrogens is 407 g/mol. The number of hydrogen-bond acceptors (Lipinski definition) is 3. The molecule has 0 bridgehead atoms. The highest BCUT2D eigenvalue weighted by Crippen LogP contribution is 2.22. The van der Waals surface area contributed by atoms with Crippen LogP contribution in [0.15, 0.2) is 90.1 Å².